The van der Waals surface area contributed by atoms with Crippen LogP contribution in [-0.4, -0.2) is 78.9 Å². The smallest absolute Gasteiger partial charge is 0.236 e. The first-order chi connectivity index (χ1) is 14.0. The second-order valence-electron chi connectivity index (χ2n) is 8.69. The molecular weight excluding hydrogens is 364 g/mol. The molecule has 0 aliphatic carbocycles. The van der Waals surface area contributed by atoms with E-state index in [0.717, 1.165) is 57.7 Å². The van der Waals surface area contributed by atoms with Gasteiger partial charge in [-0.15, -0.1) is 0 Å². The maximum Gasteiger partial charge on any atom is 0.236 e. The van der Waals surface area contributed by atoms with Crippen LogP contribution in [0.5, 0.6) is 0 Å². The Morgan fingerprint density at radius 3 is 2.03 bits per heavy atom. The molecule has 1 aromatic carbocycles. The van der Waals surface area contributed by atoms with Crippen molar-refractivity contribution in [1.29, 1.82) is 0 Å². The van der Waals surface area contributed by atoms with E-state index in [9.17, 15) is 9.59 Å². The molecule has 0 saturated carbocycles. The van der Waals surface area contributed by atoms with E-state index in [4.69, 9.17) is 0 Å². The van der Waals surface area contributed by atoms with E-state index >= 15 is 0 Å². The first kappa shape index (κ1) is 21.8. The lowest BCUT2D eigenvalue weighted by Crippen LogP contribution is -2.52. The second-order valence-corrected chi connectivity index (χ2v) is 8.69. The van der Waals surface area contributed by atoms with Crippen LogP contribution in [0.2, 0.25) is 0 Å². The zero-order valence-electron chi connectivity index (χ0n) is 18.0. The molecule has 2 amide bonds. The van der Waals surface area contributed by atoms with Gasteiger partial charge in [-0.3, -0.25) is 19.4 Å². The Bertz CT molecular complexity index is 650. The third-order valence-corrected chi connectivity index (χ3v) is 6.04. The summed E-state index contributed by atoms with van der Waals surface area (Å²) >= 11 is 0. The number of carbonyl (C=O) groups excluding carboxylic acids is 2. The number of likely N-dealkylation sites (tertiary alicyclic amines) is 1. The van der Waals surface area contributed by atoms with Crippen LogP contribution in [0, 0.1) is 5.92 Å². The first-order valence-corrected chi connectivity index (χ1v) is 11.1. The number of nitrogens with zero attached hydrogens (tertiary/aromatic N) is 3. The number of nitrogens with one attached hydrogen (secondary N) is 1. The van der Waals surface area contributed by atoms with Gasteiger partial charge in [0.05, 0.1) is 19.1 Å². The summed E-state index contributed by atoms with van der Waals surface area (Å²) in [6.45, 7) is 10.4. The second kappa shape index (κ2) is 10.7. The quantitative estimate of drug-likeness (QED) is 0.762. The Morgan fingerprint density at radius 1 is 0.862 bits per heavy atom. The van der Waals surface area contributed by atoms with Gasteiger partial charge in [0.1, 0.15) is 0 Å². The van der Waals surface area contributed by atoms with Crippen LogP contribution in [-0.2, 0) is 9.59 Å². The Kier molecular flexibility index (Phi) is 8.07. The normalized spacial score (nSPS) is 19.9. The highest BCUT2D eigenvalue weighted by Crippen LogP contribution is 2.21. The molecule has 2 aliphatic heterocycles. The van der Waals surface area contributed by atoms with Gasteiger partial charge in [-0.25, -0.2) is 0 Å². The highest BCUT2D eigenvalue weighted by Gasteiger charge is 2.25. The SMILES string of the molecule is CC(C)[C@@H](NC(=O)CN1CCN(CC(=O)N2CCCCC2)CC1)c1ccccc1. The number of hydrogen-bond acceptors (Lipinski definition) is 4. The molecule has 2 heterocycles. The third-order valence-electron chi connectivity index (χ3n) is 6.04. The molecule has 0 radical (unpaired) electrons. The average molecular weight is 401 g/mol. The maximum atomic E-state index is 12.6. The van der Waals surface area contributed by atoms with Crippen LogP contribution >= 0.6 is 0 Å². The summed E-state index contributed by atoms with van der Waals surface area (Å²) in [6, 6.07) is 10.2. The molecule has 6 nitrogen and oxygen atoms in total. The van der Waals surface area contributed by atoms with Gasteiger partial charge in [0.15, 0.2) is 0 Å². The summed E-state index contributed by atoms with van der Waals surface area (Å²) in [6.07, 6.45) is 3.51. The molecule has 2 aliphatic rings. The summed E-state index contributed by atoms with van der Waals surface area (Å²) in [7, 11) is 0. The van der Waals surface area contributed by atoms with E-state index in [2.05, 4.69) is 41.1 Å². The maximum absolute atomic E-state index is 12.6. The van der Waals surface area contributed by atoms with Crippen LogP contribution < -0.4 is 5.32 Å². The molecular formula is C23H36N4O2. The number of piperidine rings is 1. The van der Waals surface area contributed by atoms with Gasteiger partial charge in [-0.1, -0.05) is 44.2 Å². The molecule has 160 valence electrons. The fraction of sp³-hybridized carbons (Fsp3) is 0.652. The fourth-order valence-corrected chi connectivity index (χ4v) is 4.26. The standard InChI is InChI=1S/C23H36N4O2/c1-19(2)23(20-9-5-3-6-10-20)24-21(28)17-25-13-15-26(16-14-25)18-22(29)27-11-7-4-8-12-27/h3,5-6,9-10,19,23H,4,7-8,11-18H2,1-2H3,(H,24,28)/t23-/m1/s1. The highest BCUT2D eigenvalue weighted by atomic mass is 16.2. The molecule has 29 heavy (non-hydrogen) atoms. The molecule has 0 bridgehead atoms. The molecule has 6 heteroatoms. The Labute approximate surface area is 175 Å². The summed E-state index contributed by atoms with van der Waals surface area (Å²) < 4.78 is 0. The molecule has 2 fully saturated rings. The minimum absolute atomic E-state index is 0.0344. The van der Waals surface area contributed by atoms with Crippen molar-refractivity contribution in [3.8, 4) is 0 Å². The number of amides is 2. The third kappa shape index (κ3) is 6.54. The molecule has 1 atom stereocenters. The van der Waals surface area contributed by atoms with Crippen molar-refractivity contribution < 1.29 is 9.59 Å². The average Bonchev–Trinajstić information content (AvgIpc) is 2.74. The number of carbonyl (C=O) groups is 2. The van der Waals surface area contributed by atoms with Crippen molar-refractivity contribution in [3.05, 3.63) is 35.9 Å². The minimum Gasteiger partial charge on any atom is -0.348 e. The monoisotopic (exact) mass is 400 g/mol. The molecule has 0 unspecified atom stereocenters. The number of hydrogen-bond donors (Lipinski definition) is 1. The van der Waals surface area contributed by atoms with Crippen molar-refractivity contribution >= 4 is 11.8 Å². The Hall–Kier alpha value is -1.92. The number of benzene rings is 1. The van der Waals surface area contributed by atoms with E-state index in [0.29, 0.717) is 19.0 Å². The van der Waals surface area contributed by atoms with Gasteiger partial charge in [-0.05, 0) is 30.7 Å². The lowest BCUT2D eigenvalue weighted by molar-refractivity contribution is -0.134. The van der Waals surface area contributed by atoms with E-state index in [1.165, 1.54) is 6.42 Å². The zero-order chi connectivity index (χ0) is 20.6. The van der Waals surface area contributed by atoms with E-state index in [-0.39, 0.29) is 17.9 Å². The molecule has 0 spiro atoms. The van der Waals surface area contributed by atoms with Crippen molar-refractivity contribution in [1.82, 2.24) is 20.0 Å². The number of rotatable bonds is 7. The lowest BCUT2D eigenvalue weighted by atomic mass is 9.96. The van der Waals surface area contributed by atoms with Gasteiger partial charge < -0.3 is 10.2 Å². The minimum atomic E-state index is 0.0344. The highest BCUT2D eigenvalue weighted by molar-refractivity contribution is 5.79. The molecule has 2 saturated heterocycles. The lowest BCUT2D eigenvalue weighted by Gasteiger charge is -2.36. The van der Waals surface area contributed by atoms with Crippen LogP contribution in [0.1, 0.15) is 44.7 Å². The Morgan fingerprint density at radius 2 is 1.45 bits per heavy atom. The number of piperazine rings is 1. The van der Waals surface area contributed by atoms with Crippen molar-refractivity contribution in [2.24, 2.45) is 5.92 Å². The topological polar surface area (TPSA) is 55.9 Å². The largest absolute Gasteiger partial charge is 0.348 e. The molecule has 1 N–H and O–H groups in total. The van der Waals surface area contributed by atoms with Gasteiger partial charge in [0.2, 0.25) is 11.8 Å². The van der Waals surface area contributed by atoms with Crippen LogP contribution in [0.3, 0.4) is 0 Å². The molecule has 3 rings (SSSR count). The molecule has 0 aromatic heterocycles. The van der Waals surface area contributed by atoms with Crippen LogP contribution in [0.4, 0.5) is 0 Å². The summed E-state index contributed by atoms with van der Waals surface area (Å²) in [5, 5.41) is 3.21. The van der Waals surface area contributed by atoms with Crippen molar-refractivity contribution in [2.45, 2.75) is 39.2 Å². The Balaban J connectivity index is 1.41. The first-order valence-electron chi connectivity index (χ1n) is 11.1. The van der Waals surface area contributed by atoms with Gasteiger partial charge in [0, 0.05) is 39.3 Å². The molecule has 1 aromatic rings. The van der Waals surface area contributed by atoms with Crippen LogP contribution in [0.25, 0.3) is 0 Å². The van der Waals surface area contributed by atoms with Gasteiger partial charge in [0.25, 0.3) is 0 Å². The van der Waals surface area contributed by atoms with Crippen molar-refractivity contribution in [3.63, 3.8) is 0 Å². The van der Waals surface area contributed by atoms with Crippen LogP contribution in [0.15, 0.2) is 30.3 Å². The van der Waals surface area contributed by atoms with Gasteiger partial charge >= 0.3 is 0 Å². The summed E-state index contributed by atoms with van der Waals surface area (Å²) in [5.41, 5.74) is 1.15. The predicted octanol–water partition coefficient (Wildman–Crippen LogP) is 2.13. The zero-order valence-corrected chi connectivity index (χ0v) is 18.0. The van der Waals surface area contributed by atoms with E-state index in [1.807, 2.05) is 23.1 Å². The predicted molar refractivity (Wildman–Crippen MR) is 115 cm³/mol. The van der Waals surface area contributed by atoms with E-state index in [1.54, 1.807) is 0 Å². The summed E-state index contributed by atoms with van der Waals surface area (Å²) in [4.78, 5) is 31.5. The van der Waals surface area contributed by atoms with E-state index < -0.39 is 0 Å². The van der Waals surface area contributed by atoms with Crippen molar-refractivity contribution in [2.75, 3.05) is 52.4 Å². The van der Waals surface area contributed by atoms with Gasteiger partial charge in [-0.2, -0.15) is 0 Å². The fourth-order valence-electron chi connectivity index (χ4n) is 4.26. The summed E-state index contributed by atoms with van der Waals surface area (Å²) in [5.74, 6) is 0.669.